The van der Waals surface area contributed by atoms with Gasteiger partial charge in [0.05, 0.1) is 6.04 Å². The number of hydrogen-bond acceptors (Lipinski definition) is 6. The van der Waals surface area contributed by atoms with Crippen LogP contribution in [0.1, 0.15) is 54.2 Å². The Kier molecular flexibility index (Phi) is 6.77. The molecule has 2 aromatic rings. The summed E-state index contributed by atoms with van der Waals surface area (Å²) in [6, 6.07) is 7.78. The first-order valence-electron chi connectivity index (χ1n) is 13.5. The molecule has 2 aromatic heterocycles. The second-order valence-corrected chi connectivity index (χ2v) is 11.2. The SMILES string of the molecule is Cc1cc(C2NNC3CC4NC(=O)N([C@@H]5CCCN(Cc6cccnc6C(F)(F)F)C5)CC4CC32)ccn1. The average molecular weight is 530 g/mol. The minimum absolute atomic E-state index is 0.0214. The van der Waals surface area contributed by atoms with Crippen molar-refractivity contribution < 1.29 is 18.0 Å². The summed E-state index contributed by atoms with van der Waals surface area (Å²) in [5.74, 6) is 0.732. The van der Waals surface area contributed by atoms with E-state index >= 15 is 0 Å². The van der Waals surface area contributed by atoms with Crippen molar-refractivity contribution in [3.8, 4) is 0 Å². The van der Waals surface area contributed by atoms with Gasteiger partial charge in [0.1, 0.15) is 5.69 Å². The van der Waals surface area contributed by atoms with Crippen LogP contribution in [0.4, 0.5) is 18.0 Å². The Morgan fingerprint density at radius 2 is 1.95 bits per heavy atom. The molecule has 1 saturated carbocycles. The number of alkyl halides is 3. The standard InChI is InChI=1S/C27H34F3N7O/c1-16-10-17(6-8-31-16)24-21-11-19-14-37(26(38)33-22(19)12-23(21)34-35-24)20-5-3-9-36(15-20)13-18-4-2-7-32-25(18)27(28,29)30/h2,4,6-8,10,19-24,34-35H,3,5,9,11-15H2,1H3,(H,33,38)/t19?,20-,21?,22?,23?,24?/m1/s1. The summed E-state index contributed by atoms with van der Waals surface area (Å²) in [6.07, 6.45) is 2.11. The largest absolute Gasteiger partial charge is 0.433 e. The highest BCUT2D eigenvalue weighted by atomic mass is 19.4. The van der Waals surface area contributed by atoms with Gasteiger partial charge in [-0.2, -0.15) is 13.2 Å². The number of hydrazine groups is 1. The van der Waals surface area contributed by atoms with E-state index in [0.717, 1.165) is 31.4 Å². The molecule has 0 bridgehead atoms. The molecular weight excluding hydrogens is 495 g/mol. The Hall–Kier alpha value is -2.76. The van der Waals surface area contributed by atoms with Gasteiger partial charge in [0.15, 0.2) is 0 Å². The van der Waals surface area contributed by atoms with Crippen molar-refractivity contribution in [2.45, 2.75) is 69.5 Å². The zero-order valence-electron chi connectivity index (χ0n) is 21.4. The Morgan fingerprint density at radius 1 is 1.08 bits per heavy atom. The molecule has 3 aliphatic heterocycles. The van der Waals surface area contributed by atoms with Gasteiger partial charge in [0, 0.05) is 55.8 Å². The zero-order chi connectivity index (χ0) is 26.4. The third-order valence-corrected chi connectivity index (χ3v) is 8.78. The summed E-state index contributed by atoms with van der Waals surface area (Å²) >= 11 is 0. The molecule has 5 heterocycles. The van der Waals surface area contributed by atoms with Crippen molar-refractivity contribution >= 4 is 6.03 Å². The molecule has 11 heteroatoms. The third kappa shape index (κ3) is 4.99. The quantitative estimate of drug-likeness (QED) is 0.563. The zero-order valence-corrected chi connectivity index (χ0v) is 21.4. The van der Waals surface area contributed by atoms with Crippen LogP contribution in [-0.4, -0.2) is 63.6 Å². The van der Waals surface area contributed by atoms with Crippen LogP contribution in [0.3, 0.4) is 0 Å². The number of carbonyl (C=O) groups excluding carboxylic acids is 1. The monoisotopic (exact) mass is 529 g/mol. The van der Waals surface area contributed by atoms with Crippen molar-refractivity contribution in [2.24, 2.45) is 11.8 Å². The molecule has 2 amide bonds. The van der Waals surface area contributed by atoms with Crippen LogP contribution in [0.2, 0.25) is 0 Å². The number of fused-ring (bicyclic) bond motifs is 2. The summed E-state index contributed by atoms with van der Waals surface area (Å²) < 4.78 is 40.4. The van der Waals surface area contributed by atoms with E-state index in [0.29, 0.717) is 31.5 Å². The predicted molar refractivity (Wildman–Crippen MR) is 135 cm³/mol. The normalized spacial score (nSPS) is 32.0. The highest BCUT2D eigenvalue weighted by Crippen LogP contribution is 2.42. The third-order valence-electron chi connectivity index (χ3n) is 8.78. The number of rotatable bonds is 4. The smallest absolute Gasteiger partial charge is 0.335 e. The predicted octanol–water partition coefficient (Wildman–Crippen LogP) is 3.41. The first-order valence-corrected chi connectivity index (χ1v) is 13.5. The number of urea groups is 1. The first kappa shape index (κ1) is 25.5. The number of hydrogen-bond donors (Lipinski definition) is 3. The van der Waals surface area contributed by atoms with E-state index < -0.39 is 11.9 Å². The van der Waals surface area contributed by atoms with E-state index in [1.54, 1.807) is 6.07 Å². The van der Waals surface area contributed by atoms with E-state index in [4.69, 9.17) is 0 Å². The Bertz CT molecular complexity index is 1180. The molecule has 0 radical (unpaired) electrons. The highest BCUT2D eigenvalue weighted by molar-refractivity contribution is 5.76. The van der Waals surface area contributed by atoms with Gasteiger partial charge in [-0.15, -0.1) is 0 Å². The maximum absolute atomic E-state index is 13.5. The molecule has 6 rings (SSSR count). The van der Waals surface area contributed by atoms with Crippen molar-refractivity contribution in [3.63, 3.8) is 0 Å². The minimum atomic E-state index is -4.48. The van der Waals surface area contributed by atoms with E-state index in [9.17, 15) is 18.0 Å². The molecule has 8 nitrogen and oxygen atoms in total. The number of piperidine rings is 1. The molecule has 1 aliphatic carbocycles. The average Bonchev–Trinajstić information content (AvgIpc) is 3.29. The number of aromatic nitrogens is 2. The molecule has 6 atom stereocenters. The van der Waals surface area contributed by atoms with Crippen LogP contribution in [0, 0.1) is 18.8 Å². The fourth-order valence-electron chi connectivity index (χ4n) is 7.01. The minimum Gasteiger partial charge on any atom is -0.335 e. The summed E-state index contributed by atoms with van der Waals surface area (Å²) in [5.41, 5.74) is 8.53. The number of aryl methyl sites for hydroxylation is 1. The van der Waals surface area contributed by atoms with Gasteiger partial charge in [-0.3, -0.25) is 20.3 Å². The van der Waals surface area contributed by atoms with Crippen molar-refractivity contribution in [2.75, 3.05) is 19.6 Å². The molecule has 38 heavy (non-hydrogen) atoms. The van der Waals surface area contributed by atoms with Gasteiger partial charge >= 0.3 is 12.2 Å². The van der Waals surface area contributed by atoms with Gasteiger partial charge in [0.2, 0.25) is 0 Å². The molecule has 4 fully saturated rings. The fourth-order valence-corrected chi connectivity index (χ4v) is 7.01. The van der Waals surface area contributed by atoms with Crippen molar-refractivity contribution in [3.05, 3.63) is 59.2 Å². The number of halogens is 3. The lowest BCUT2D eigenvalue weighted by Crippen LogP contribution is -2.64. The topological polar surface area (TPSA) is 85.4 Å². The number of nitrogens with zero attached hydrogens (tertiary/aromatic N) is 4. The lowest BCUT2D eigenvalue weighted by atomic mass is 9.71. The Morgan fingerprint density at radius 3 is 2.76 bits per heavy atom. The number of nitrogens with one attached hydrogen (secondary N) is 3. The van der Waals surface area contributed by atoms with Crippen LogP contribution in [0.5, 0.6) is 0 Å². The number of pyridine rings is 2. The lowest BCUT2D eigenvalue weighted by Gasteiger charge is -2.49. The van der Waals surface area contributed by atoms with Gasteiger partial charge in [-0.1, -0.05) is 6.07 Å². The summed E-state index contributed by atoms with van der Waals surface area (Å²) in [7, 11) is 0. The molecule has 4 aliphatic rings. The van der Waals surface area contributed by atoms with Crippen molar-refractivity contribution in [1.29, 1.82) is 0 Å². The van der Waals surface area contributed by atoms with Gasteiger partial charge in [-0.05, 0) is 80.3 Å². The van der Waals surface area contributed by atoms with E-state index in [1.165, 1.54) is 17.8 Å². The Labute approximate surface area is 220 Å². The van der Waals surface area contributed by atoms with Gasteiger partial charge in [0.25, 0.3) is 0 Å². The Balaban J connectivity index is 1.13. The van der Waals surface area contributed by atoms with Crippen LogP contribution in [0.25, 0.3) is 0 Å². The summed E-state index contributed by atoms with van der Waals surface area (Å²) in [5, 5.41) is 3.27. The number of carbonyl (C=O) groups is 1. The van der Waals surface area contributed by atoms with Gasteiger partial charge in [-0.25, -0.2) is 10.2 Å². The lowest BCUT2D eigenvalue weighted by molar-refractivity contribution is -0.142. The van der Waals surface area contributed by atoms with E-state index in [-0.39, 0.29) is 42.3 Å². The van der Waals surface area contributed by atoms with E-state index in [1.807, 2.05) is 22.9 Å². The first-order chi connectivity index (χ1) is 18.3. The number of likely N-dealkylation sites (tertiary alicyclic amines) is 1. The number of amides is 2. The van der Waals surface area contributed by atoms with Crippen LogP contribution < -0.4 is 16.2 Å². The maximum atomic E-state index is 13.5. The molecular formula is C27H34F3N7O. The van der Waals surface area contributed by atoms with Crippen LogP contribution >= 0.6 is 0 Å². The molecule has 5 unspecified atom stereocenters. The summed E-state index contributed by atoms with van der Waals surface area (Å²) in [6.45, 7) is 4.12. The molecule has 0 aromatic carbocycles. The highest BCUT2D eigenvalue weighted by Gasteiger charge is 2.48. The molecule has 3 N–H and O–H groups in total. The van der Waals surface area contributed by atoms with Crippen molar-refractivity contribution in [1.82, 2.24) is 35.9 Å². The second-order valence-electron chi connectivity index (χ2n) is 11.2. The summed E-state index contributed by atoms with van der Waals surface area (Å²) in [4.78, 5) is 25.1. The maximum Gasteiger partial charge on any atom is 0.433 e. The second kappa shape index (κ2) is 10.1. The molecule has 0 spiro atoms. The molecule has 3 saturated heterocycles. The van der Waals surface area contributed by atoms with Crippen LogP contribution in [0.15, 0.2) is 36.7 Å². The van der Waals surface area contributed by atoms with Crippen LogP contribution in [-0.2, 0) is 12.7 Å². The van der Waals surface area contributed by atoms with E-state index in [2.05, 4.69) is 38.3 Å². The fraction of sp³-hybridized carbons (Fsp3) is 0.593. The molecule has 204 valence electrons. The van der Waals surface area contributed by atoms with Gasteiger partial charge < -0.3 is 10.2 Å².